The fourth-order valence-electron chi connectivity index (χ4n) is 1.92. The van der Waals surface area contributed by atoms with Crippen molar-refractivity contribution in [2.24, 2.45) is 0 Å². The number of amides is 1. The van der Waals surface area contributed by atoms with Crippen molar-refractivity contribution in [3.63, 3.8) is 0 Å². The van der Waals surface area contributed by atoms with Gasteiger partial charge in [0.1, 0.15) is 9.88 Å². The number of aromatic nitrogens is 2. The summed E-state index contributed by atoms with van der Waals surface area (Å²) < 4.78 is 0. The standard InChI is InChI=1S/C15H12ClN3OS2/c1-8-7-21-15(17-8)19-13(20)12-9(2)18-14(22-12)10-5-3-4-6-11(10)16/h3-7H,1-2H3,(H,17,19,20). The Labute approximate surface area is 140 Å². The third-order valence-corrected chi connectivity index (χ3v) is 5.34. The van der Waals surface area contributed by atoms with Gasteiger partial charge >= 0.3 is 0 Å². The molecule has 0 fully saturated rings. The molecule has 0 radical (unpaired) electrons. The monoisotopic (exact) mass is 349 g/mol. The van der Waals surface area contributed by atoms with Crippen molar-refractivity contribution >= 4 is 45.3 Å². The molecule has 0 spiro atoms. The molecule has 3 aromatic rings. The lowest BCUT2D eigenvalue weighted by Gasteiger charge is -1.99. The number of nitrogens with zero attached hydrogens (tertiary/aromatic N) is 2. The summed E-state index contributed by atoms with van der Waals surface area (Å²) in [6, 6.07) is 7.47. The first-order valence-corrected chi connectivity index (χ1v) is 8.58. The van der Waals surface area contributed by atoms with Crippen LogP contribution >= 0.6 is 34.3 Å². The predicted molar refractivity (Wildman–Crippen MR) is 92.1 cm³/mol. The molecular weight excluding hydrogens is 338 g/mol. The summed E-state index contributed by atoms with van der Waals surface area (Å²) in [4.78, 5) is 21.6. The Kier molecular flexibility index (Phi) is 4.24. The number of hydrogen-bond acceptors (Lipinski definition) is 5. The van der Waals surface area contributed by atoms with Gasteiger partial charge in [0, 0.05) is 10.9 Å². The number of benzene rings is 1. The third-order valence-electron chi connectivity index (χ3n) is 2.95. The van der Waals surface area contributed by atoms with Gasteiger partial charge in [-0.15, -0.1) is 22.7 Å². The molecule has 1 aromatic carbocycles. The lowest BCUT2D eigenvalue weighted by molar-refractivity contribution is 0.103. The number of carbonyl (C=O) groups is 1. The number of aryl methyl sites for hydroxylation is 2. The van der Waals surface area contributed by atoms with Crippen LogP contribution in [0.15, 0.2) is 29.6 Å². The minimum atomic E-state index is -0.192. The van der Waals surface area contributed by atoms with Crippen molar-refractivity contribution < 1.29 is 4.79 Å². The summed E-state index contributed by atoms with van der Waals surface area (Å²) in [6.45, 7) is 3.71. The van der Waals surface area contributed by atoms with E-state index in [1.165, 1.54) is 22.7 Å². The number of halogens is 1. The fourth-order valence-corrected chi connectivity index (χ4v) is 3.89. The molecule has 1 amide bonds. The van der Waals surface area contributed by atoms with E-state index in [2.05, 4.69) is 15.3 Å². The van der Waals surface area contributed by atoms with Crippen molar-refractivity contribution in [3.8, 4) is 10.6 Å². The zero-order chi connectivity index (χ0) is 15.7. The third kappa shape index (κ3) is 3.04. The first-order chi connectivity index (χ1) is 10.5. The summed E-state index contributed by atoms with van der Waals surface area (Å²) in [7, 11) is 0. The second kappa shape index (κ2) is 6.16. The van der Waals surface area contributed by atoms with Crippen LogP contribution in [-0.4, -0.2) is 15.9 Å². The molecule has 2 aromatic heterocycles. The van der Waals surface area contributed by atoms with Gasteiger partial charge in [0.15, 0.2) is 5.13 Å². The maximum absolute atomic E-state index is 12.4. The van der Waals surface area contributed by atoms with Gasteiger partial charge in [-0.25, -0.2) is 9.97 Å². The molecule has 2 heterocycles. The molecule has 1 N–H and O–H groups in total. The Morgan fingerprint density at radius 3 is 2.68 bits per heavy atom. The lowest BCUT2D eigenvalue weighted by atomic mass is 10.2. The quantitative estimate of drug-likeness (QED) is 0.739. The van der Waals surface area contributed by atoms with Crippen molar-refractivity contribution in [1.29, 1.82) is 0 Å². The SMILES string of the molecule is Cc1csc(NC(=O)c2sc(-c3ccccc3Cl)nc2C)n1. The summed E-state index contributed by atoms with van der Waals surface area (Å²) >= 11 is 8.92. The molecule has 0 saturated carbocycles. The molecule has 4 nitrogen and oxygen atoms in total. The maximum atomic E-state index is 12.4. The Morgan fingerprint density at radius 2 is 2.00 bits per heavy atom. The smallest absolute Gasteiger partial charge is 0.269 e. The number of hydrogen-bond donors (Lipinski definition) is 1. The van der Waals surface area contributed by atoms with E-state index in [-0.39, 0.29) is 5.91 Å². The van der Waals surface area contributed by atoms with Crippen molar-refractivity contribution in [2.45, 2.75) is 13.8 Å². The van der Waals surface area contributed by atoms with Crippen LogP contribution in [0.3, 0.4) is 0 Å². The molecule has 3 rings (SSSR count). The van der Waals surface area contributed by atoms with E-state index in [0.717, 1.165) is 16.3 Å². The van der Waals surface area contributed by atoms with Gasteiger partial charge in [-0.05, 0) is 19.9 Å². The van der Waals surface area contributed by atoms with Crippen LogP contribution in [0.4, 0.5) is 5.13 Å². The Morgan fingerprint density at radius 1 is 1.23 bits per heavy atom. The minimum absolute atomic E-state index is 0.192. The van der Waals surface area contributed by atoms with Crippen LogP contribution in [0, 0.1) is 13.8 Å². The largest absolute Gasteiger partial charge is 0.297 e. The fraction of sp³-hybridized carbons (Fsp3) is 0.133. The van der Waals surface area contributed by atoms with Gasteiger partial charge in [-0.2, -0.15) is 0 Å². The second-order valence-corrected chi connectivity index (χ2v) is 6.93. The van der Waals surface area contributed by atoms with E-state index in [0.29, 0.717) is 20.7 Å². The summed E-state index contributed by atoms with van der Waals surface area (Å²) in [5.41, 5.74) is 2.41. The summed E-state index contributed by atoms with van der Waals surface area (Å²) in [6.07, 6.45) is 0. The van der Waals surface area contributed by atoms with Gasteiger partial charge in [0.2, 0.25) is 0 Å². The molecular formula is C15H12ClN3OS2. The van der Waals surface area contributed by atoms with Gasteiger partial charge < -0.3 is 0 Å². The molecule has 0 saturated heterocycles. The Hall–Kier alpha value is -1.76. The van der Waals surface area contributed by atoms with E-state index in [1.807, 2.05) is 43.5 Å². The van der Waals surface area contributed by atoms with Crippen LogP contribution < -0.4 is 5.32 Å². The van der Waals surface area contributed by atoms with Crippen molar-refractivity contribution in [1.82, 2.24) is 9.97 Å². The highest BCUT2D eigenvalue weighted by Gasteiger charge is 2.18. The van der Waals surface area contributed by atoms with Crippen LogP contribution in [0.1, 0.15) is 21.1 Å². The second-order valence-electron chi connectivity index (χ2n) is 4.66. The Balaban J connectivity index is 1.89. The van der Waals surface area contributed by atoms with Gasteiger partial charge in [0.25, 0.3) is 5.91 Å². The van der Waals surface area contributed by atoms with E-state index >= 15 is 0 Å². The molecule has 7 heteroatoms. The van der Waals surface area contributed by atoms with Crippen LogP contribution in [0.2, 0.25) is 5.02 Å². The van der Waals surface area contributed by atoms with Crippen molar-refractivity contribution in [2.75, 3.05) is 5.32 Å². The minimum Gasteiger partial charge on any atom is -0.297 e. The molecule has 0 aliphatic carbocycles. The molecule has 0 aliphatic rings. The summed E-state index contributed by atoms with van der Waals surface area (Å²) in [5.74, 6) is -0.192. The predicted octanol–water partition coefficient (Wildman–Crippen LogP) is 4.79. The molecule has 0 aliphatic heterocycles. The van der Waals surface area contributed by atoms with E-state index in [1.54, 1.807) is 0 Å². The maximum Gasteiger partial charge on any atom is 0.269 e. The molecule has 0 unspecified atom stereocenters. The van der Waals surface area contributed by atoms with E-state index in [4.69, 9.17) is 11.6 Å². The number of thiazole rings is 2. The molecule has 22 heavy (non-hydrogen) atoms. The number of nitrogens with one attached hydrogen (secondary N) is 1. The average Bonchev–Trinajstić information content (AvgIpc) is 3.05. The zero-order valence-corrected chi connectivity index (χ0v) is 14.3. The number of carbonyl (C=O) groups excluding carboxylic acids is 1. The highest BCUT2D eigenvalue weighted by Crippen LogP contribution is 2.33. The number of anilines is 1. The molecule has 0 bridgehead atoms. The van der Waals surface area contributed by atoms with Crippen LogP contribution in [0.25, 0.3) is 10.6 Å². The van der Waals surface area contributed by atoms with Gasteiger partial charge in [0.05, 0.1) is 16.4 Å². The average molecular weight is 350 g/mol. The van der Waals surface area contributed by atoms with Gasteiger partial charge in [-0.3, -0.25) is 10.1 Å². The van der Waals surface area contributed by atoms with Crippen molar-refractivity contribution in [3.05, 3.63) is 50.9 Å². The molecule has 0 atom stereocenters. The first-order valence-electron chi connectivity index (χ1n) is 6.50. The molecule has 112 valence electrons. The number of rotatable bonds is 3. The topological polar surface area (TPSA) is 54.9 Å². The zero-order valence-electron chi connectivity index (χ0n) is 11.9. The Bertz CT molecular complexity index is 841. The van der Waals surface area contributed by atoms with Crippen LogP contribution in [-0.2, 0) is 0 Å². The van der Waals surface area contributed by atoms with Gasteiger partial charge in [-0.1, -0.05) is 29.8 Å². The lowest BCUT2D eigenvalue weighted by Crippen LogP contribution is -2.11. The van der Waals surface area contributed by atoms with Crippen LogP contribution in [0.5, 0.6) is 0 Å². The first kappa shape index (κ1) is 15.1. The highest BCUT2D eigenvalue weighted by atomic mass is 35.5. The van der Waals surface area contributed by atoms with E-state index in [9.17, 15) is 4.79 Å². The summed E-state index contributed by atoms with van der Waals surface area (Å²) in [5, 5.41) is 6.65. The highest BCUT2D eigenvalue weighted by molar-refractivity contribution is 7.17. The normalized spacial score (nSPS) is 10.7. The van der Waals surface area contributed by atoms with E-state index < -0.39 is 0 Å².